The number of pyridine rings is 2. The number of hydrogen-bond acceptors (Lipinski definition) is 10. The number of aliphatic hydroxyl groups excluding tert-OH is 2. The largest absolute Gasteiger partial charge is 0.387 e. The summed E-state index contributed by atoms with van der Waals surface area (Å²) in [6.45, 7) is -1.83. The maximum atomic E-state index is 13.2. The molecule has 0 saturated heterocycles. The molecule has 7 N–H and O–H groups in total. The quantitative estimate of drug-likeness (QED) is 0.0781. The van der Waals surface area contributed by atoms with E-state index in [4.69, 9.17) is 5.73 Å². The molecular formula is C38H42F4N8O7S2. The Hall–Kier alpha value is -5.29. The first kappa shape index (κ1) is 44.8. The van der Waals surface area contributed by atoms with Gasteiger partial charge < -0.3 is 30.1 Å². The summed E-state index contributed by atoms with van der Waals surface area (Å²) in [5.74, 6) is -1.65. The highest BCUT2D eigenvalue weighted by molar-refractivity contribution is 7.88. The van der Waals surface area contributed by atoms with Gasteiger partial charge in [-0.25, -0.2) is 45.0 Å². The van der Waals surface area contributed by atoms with Crippen LogP contribution in [0.5, 0.6) is 0 Å². The maximum Gasteiger partial charge on any atom is 0.315 e. The third kappa shape index (κ3) is 12.4. The second kappa shape index (κ2) is 19.2. The van der Waals surface area contributed by atoms with E-state index in [-0.39, 0.29) is 18.7 Å². The predicted octanol–water partition coefficient (Wildman–Crippen LogP) is 3.18. The summed E-state index contributed by atoms with van der Waals surface area (Å²) >= 11 is 0. The third-order valence-electron chi connectivity index (χ3n) is 8.88. The fraction of sp³-hybridized carbons (Fsp3) is 0.289. The Labute approximate surface area is 337 Å². The number of imidazole rings is 2. The van der Waals surface area contributed by atoms with Gasteiger partial charge in [0.25, 0.3) is 5.91 Å². The Morgan fingerprint density at radius 1 is 0.695 bits per heavy atom. The molecule has 0 aliphatic rings. The second-order valence-corrected chi connectivity index (χ2v) is 17.2. The third-order valence-corrected chi connectivity index (χ3v) is 10.2. The van der Waals surface area contributed by atoms with Crippen molar-refractivity contribution in [1.29, 1.82) is 0 Å². The van der Waals surface area contributed by atoms with Crippen LogP contribution in [0.1, 0.15) is 34.7 Å². The summed E-state index contributed by atoms with van der Waals surface area (Å²) in [5.41, 5.74) is 12.1. The number of nitrogens with one attached hydrogen (secondary N) is 3. The molecule has 0 saturated carbocycles. The van der Waals surface area contributed by atoms with Crippen molar-refractivity contribution in [2.45, 2.75) is 43.8 Å². The Balaban J connectivity index is 0.000000227. The van der Waals surface area contributed by atoms with Crippen LogP contribution in [0.2, 0.25) is 0 Å². The van der Waals surface area contributed by atoms with Gasteiger partial charge in [0.05, 0.1) is 55.2 Å². The lowest BCUT2D eigenvalue weighted by molar-refractivity contribution is -0.133. The Morgan fingerprint density at radius 2 is 1.12 bits per heavy atom. The van der Waals surface area contributed by atoms with Gasteiger partial charge in [-0.2, -0.15) is 8.78 Å². The summed E-state index contributed by atoms with van der Waals surface area (Å²) in [4.78, 5) is 19.9. The molecule has 6 aromatic rings. The van der Waals surface area contributed by atoms with Crippen LogP contribution >= 0.6 is 0 Å². The number of halogens is 4. The fourth-order valence-corrected chi connectivity index (χ4v) is 6.59. The van der Waals surface area contributed by atoms with Gasteiger partial charge in [-0.3, -0.25) is 4.79 Å². The van der Waals surface area contributed by atoms with Gasteiger partial charge in [0.1, 0.15) is 30.7 Å². The summed E-state index contributed by atoms with van der Waals surface area (Å²) < 4.78 is 104. The first-order chi connectivity index (χ1) is 27.8. The monoisotopic (exact) mass is 862 g/mol. The zero-order chi connectivity index (χ0) is 43.1. The van der Waals surface area contributed by atoms with Gasteiger partial charge in [0, 0.05) is 24.8 Å². The van der Waals surface area contributed by atoms with Crippen molar-refractivity contribution < 1.29 is 49.4 Å². The zero-order valence-corrected chi connectivity index (χ0v) is 33.2. The van der Waals surface area contributed by atoms with E-state index in [9.17, 15) is 49.4 Å². The minimum Gasteiger partial charge on any atom is -0.387 e. The molecule has 59 heavy (non-hydrogen) atoms. The number of alkyl halides is 4. The van der Waals surface area contributed by atoms with Gasteiger partial charge in [-0.05, 0) is 57.6 Å². The summed E-state index contributed by atoms with van der Waals surface area (Å²) in [5, 5.41) is 22.0. The second-order valence-electron chi connectivity index (χ2n) is 13.5. The number of benzene rings is 2. The molecule has 0 radical (unpaired) electrons. The molecular weight excluding hydrogens is 821 g/mol. The lowest BCUT2D eigenvalue weighted by Gasteiger charge is -2.22. The lowest BCUT2D eigenvalue weighted by Crippen LogP contribution is -2.43. The smallest absolute Gasteiger partial charge is 0.315 e. The van der Waals surface area contributed by atoms with E-state index in [1.165, 1.54) is 12.1 Å². The predicted molar refractivity (Wildman–Crippen MR) is 212 cm³/mol. The van der Waals surface area contributed by atoms with E-state index in [1.807, 2.05) is 30.5 Å². The van der Waals surface area contributed by atoms with Crippen LogP contribution in [-0.4, -0.2) is 96.1 Å². The highest BCUT2D eigenvalue weighted by Crippen LogP contribution is 2.26. The van der Waals surface area contributed by atoms with E-state index in [1.54, 1.807) is 69.1 Å². The highest BCUT2D eigenvalue weighted by Gasteiger charge is 2.26. The van der Waals surface area contributed by atoms with E-state index in [2.05, 4.69) is 19.4 Å². The zero-order valence-electron chi connectivity index (χ0n) is 31.6. The van der Waals surface area contributed by atoms with Gasteiger partial charge in [-0.15, -0.1) is 0 Å². The van der Waals surface area contributed by atoms with Crippen molar-refractivity contribution in [3.8, 4) is 22.3 Å². The molecule has 0 aliphatic carbocycles. The topological polar surface area (TPSA) is 223 Å². The van der Waals surface area contributed by atoms with Crippen LogP contribution in [0, 0.1) is 0 Å². The van der Waals surface area contributed by atoms with Crippen LogP contribution in [-0.2, 0) is 37.9 Å². The molecule has 2 aromatic carbocycles. The number of fused-ring (bicyclic) bond motifs is 2. The van der Waals surface area contributed by atoms with E-state index < -0.39 is 70.0 Å². The van der Waals surface area contributed by atoms with Gasteiger partial charge >= 0.3 is 6.43 Å². The number of hydrogen-bond donors (Lipinski definition) is 6. The van der Waals surface area contributed by atoms with E-state index >= 15 is 0 Å². The Bertz CT molecular complexity index is 2590. The number of rotatable bonds is 16. The molecule has 316 valence electrons. The molecule has 4 heterocycles. The number of nitrogens with two attached hydrogens (primary N) is 1. The molecule has 0 fully saturated rings. The average Bonchev–Trinajstić information content (AvgIpc) is 3.83. The fourth-order valence-electron chi connectivity index (χ4n) is 5.77. The van der Waals surface area contributed by atoms with Gasteiger partial charge in [0.15, 0.2) is 0 Å². The van der Waals surface area contributed by atoms with Crippen molar-refractivity contribution in [3.05, 3.63) is 120 Å². The van der Waals surface area contributed by atoms with Gasteiger partial charge in [-0.1, -0.05) is 48.5 Å². The number of carbonyl (C=O) groups excluding carboxylic acids is 1. The summed E-state index contributed by atoms with van der Waals surface area (Å²) in [6.07, 6.45) is 3.34. The van der Waals surface area contributed by atoms with Crippen molar-refractivity contribution >= 4 is 37.2 Å². The highest BCUT2D eigenvalue weighted by atomic mass is 32.2. The molecule has 6 rings (SSSR count). The SMILES string of the molecule is CS(=O)(=O)NCc1cn2ccc(-c3ccc([C@@H](O)[C@@H](CF)NC(=O)C(F)F)cc3)cc2n1.CS(=O)(=O)NCc1cn2ccc(-c3ccc([C@@H](O)[C@H](N)CF)cc3)cc2n1. The van der Waals surface area contributed by atoms with Crippen molar-refractivity contribution in [1.82, 2.24) is 33.5 Å². The molecule has 0 aliphatic heterocycles. The minimum atomic E-state index is -3.34. The van der Waals surface area contributed by atoms with Crippen molar-refractivity contribution in [2.24, 2.45) is 5.73 Å². The van der Waals surface area contributed by atoms with E-state index in [0.717, 1.165) is 34.8 Å². The van der Waals surface area contributed by atoms with Crippen molar-refractivity contribution in [2.75, 3.05) is 25.9 Å². The number of sulfonamides is 2. The number of nitrogens with zero attached hydrogens (tertiary/aromatic N) is 4. The molecule has 21 heteroatoms. The Kier molecular flexibility index (Phi) is 14.6. The van der Waals surface area contributed by atoms with E-state index in [0.29, 0.717) is 28.2 Å². The standard InChI is InChI=1S/C20H21F3N4O4S.C18H21FN4O3S/c1-32(30,31)24-10-15-11-27-7-6-14(8-17(27)25-15)12-2-4-13(5-3-12)18(28)16(9-21)26-20(29)19(22)23;1-27(25,26)21-10-15-11-23-7-6-14(8-17(23)22-15)12-2-4-13(5-3-12)18(24)16(20)9-19/h2-8,11,16,18-19,24,28H,9-10H2,1H3,(H,26,29);2-8,11,16,18,21,24H,9-10,20H2,1H3/t2*16-,18-/m11/s1. The first-order valence-electron chi connectivity index (χ1n) is 17.7. The Morgan fingerprint density at radius 3 is 1.49 bits per heavy atom. The average molecular weight is 863 g/mol. The van der Waals surface area contributed by atoms with Crippen LogP contribution in [0.4, 0.5) is 17.6 Å². The molecule has 1 amide bonds. The van der Waals surface area contributed by atoms with Crippen molar-refractivity contribution in [3.63, 3.8) is 0 Å². The molecule has 15 nitrogen and oxygen atoms in total. The molecule has 0 spiro atoms. The van der Waals surface area contributed by atoms with Crippen LogP contribution < -0.4 is 20.5 Å². The van der Waals surface area contributed by atoms with Crippen LogP contribution in [0.25, 0.3) is 33.5 Å². The maximum absolute atomic E-state index is 13.2. The normalized spacial score (nSPS) is 14.1. The first-order valence-corrected chi connectivity index (χ1v) is 21.5. The minimum absolute atomic E-state index is 0.0558. The van der Waals surface area contributed by atoms with Crippen LogP contribution in [0.3, 0.4) is 0 Å². The molecule has 0 unspecified atom stereocenters. The molecule has 0 bridgehead atoms. The number of aromatic nitrogens is 4. The lowest BCUT2D eigenvalue weighted by atomic mass is 9.99. The number of carbonyl (C=O) groups is 1. The summed E-state index contributed by atoms with van der Waals surface area (Å²) in [7, 11) is -6.63. The number of aliphatic hydroxyl groups is 2. The summed E-state index contributed by atoms with van der Waals surface area (Å²) in [6, 6.07) is 18.3. The molecule has 4 aromatic heterocycles. The van der Waals surface area contributed by atoms with Crippen LogP contribution in [0.15, 0.2) is 97.6 Å². The van der Waals surface area contributed by atoms with Gasteiger partial charge in [0.2, 0.25) is 20.0 Å². The molecule has 4 atom stereocenters. The number of amides is 1.